The van der Waals surface area contributed by atoms with Crippen LogP contribution in [-0.4, -0.2) is 53.1 Å². The van der Waals surface area contributed by atoms with Gasteiger partial charge in [-0.15, -0.1) is 0 Å². The summed E-state index contributed by atoms with van der Waals surface area (Å²) in [7, 11) is -4.44. The van der Waals surface area contributed by atoms with Gasteiger partial charge in [0.25, 0.3) is 10.1 Å². The highest BCUT2D eigenvalue weighted by Crippen LogP contribution is 2.11. The number of aliphatic hydroxyl groups excluding tert-OH is 2. The number of hydrogen-bond acceptors (Lipinski definition) is 5. The molecule has 0 spiro atoms. The Kier molecular flexibility index (Phi) is 25.4. The Morgan fingerprint density at radius 1 is 0.675 bits per heavy atom. The van der Waals surface area contributed by atoms with Crippen molar-refractivity contribution in [1.82, 2.24) is 5.32 Å². The average molecular weight is 586 g/mol. The Bertz CT molecular complexity index is 793. The molecule has 0 aromatic rings. The van der Waals surface area contributed by atoms with Crippen LogP contribution in [0.1, 0.15) is 136 Å². The molecule has 0 rings (SSSR count). The van der Waals surface area contributed by atoms with Crippen LogP contribution in [0.3, 0.4) is 0 Å². The van der Waals surface area contributed by atoms with Gasteiger partial charge in [-0.25, -0.2) is 0 Å². The molecule has 3 atom stereocenters. The number of carbonyl (C=O) groups is 1. The van der Waals surface area contributed by atoms with Crippen molar-refractivity contribution in [2.45, 2.75) is 154 Å². The molecule has 3 unspecified atom stereocenters. The molecule has 0 radical (unpaired) electrons. The van der Waals surface area contributed by atoms with Crippen LogP contribution >= 0.6 is 0 Å². The van der Waals surface area contributed by atoms with Gasteiger partial charge in [0.05, 0.1) is 17.9 Å². The molecule has 1 amide bonds. The average Bonchev–Trinajstić information content (AvgIpc) is 2.90. The molecule has 7 nitrogen and oxygen atoms in total. The fourth-order valence-corrected chi connectivity index (χ4v) is 5.13. The SMILES string of the molecule is CCCC/C=C\CCCCCCC(O)C(=O)NC(CS(=O)(=O)O)C(O)/C=C/CC/C=C/CCCCCCCCC. The summed E-state index contributed by atoms with van der Waals surface area (Å²) in [5, 5.41) is 23.1. The van der Waals surface area contributed by atoms with E-state index >= 15 is 0 Å². The Morgan fingerprint density at radius 3 is 1.73 bits per heavy atom. The molecule has 0 saturated heterocycles. The molecule has 234 valence electrons. The molecule has 0 bridgehead atoms. The summed E-state index contributed by atoms with van der Waals surface area (Å²) >= 11 is 0. The zero-order valence-corrected chi connectivity index (χ0v) is 26.1. The third-order valence-corrected chi connectivity index (χ3v) is 7.68. The number of aliphatic hydroxyl groups is 2. The predicted octanol–water partition coefficient (Wildman–Crippen LogP) is 7.20. The Morgan fingerprint density at radius 2 is 1.15 bits per heavy atom. The van der Waals surface area contributed by atoms with Gasteiger partial charge in [-0.05, 0) is 51.4 Å². The number of carbonyl (C=O) groups excluding carboxylic acids is 1. The van der Waals surface area contributed by atoms with Gasteiger partial charge in [-0.3, -0.25) is 9.35 Å². The number of amides is 1. The monoisotopic (exact) mass is 585 g/mol. The first-order valence-corrected chi connectivity index (χ1v) is 17.4. The molecular weight excluding hydrogens is 526 g/mol. The summed E-state index contributed by atoms with van der Waals surface area (Å²) < 4.78 is 32.2. The maximum atomic E-state index is 12.4. The normalized spacial score (nSPS) is 14.8. The van der Waals surface area contributed by atoms with Crippen molar-refractivity contribution in [3.63, 3.8) is 0 Å². The van der Waals surface area contributed by atoms with Gasteiger partial charge in [-0.1, -0.05) is 121 Å². The van der Waals surface area contributed by atoms with Gasteiger partial charge in [-0.2, -0.15) is 8.42 Å². The van der Waals surface area contributed by atoms with Crippen molar-refractivity contribution in [1.29, 1.82) is 0 Å². The van der Waals surface area contributed by atoms with E-state index in [0.717, 1.165) is 44.9 Å². The van der Waals surface area contributed by atoms with Gasteiger partial charge in [0.2, 0.25) is 5.91 Å². The zero-order valence-electron chi connectivity index (χ0n) is 25.3. The smallest absolute Gasteiger partial charge is 0.267 e. The van der Waals surface area contributed by atoms with E-state index in [2.05, 4.69) is 43.5 Å². The van der Waals surface area contributed by atoms with E-state index in [1.807, 2.05) is 0 Å². The van der Waals surface area contributed by atoms with E-state index < -0.39 is 40.0 Å². The number of allylic oxidation sites excluding steroid dienone is 5. The van der Waals surface area contributed by atoms with Crippen LogP contribution in [-0.2, 0) is 14.9 Å². The van der Waals surface area contributed by atoms with Crippen LogP contribution in [0.5, 0.6) is 0 Å². The lowest BCUT2D eigenvalue weighted by Crippen LogP contribution is -2.50. The van der Waals surface area contributed by atoms with E-state index in [1.54, 1.807) is 6.08 Å². The second-order valence-electron chi connectivity index (χ2n) is 10.9. The van der Waals surface area contributed by atoms with Gasteiger partial charge in [0.1, 0.15) is 6.10 Å². The lowest BCUT2D eigenvalue weighted by atomic mass is 10.1. The Hall–Kier alpha value is -1.48. The van der Waals surface area contributed by atoms with Crippen molar-refractivity contribution in [3.8, 4) is 0 Å². The Labute approximate surface area is 245 Å². The second kappa shape index (κ2) is 26.4. The molecule has 0 aromatic heterocycles. The van der Waals surface area contributed by atoms with Crippen molar-refractivity contribution in [3.05, 3.63) is 36.5 Å². The fourth-order valence-electron chi connectivity index (χ4n) is 4.39. The van der Waals surface area contributed by atoms with Crippen molar-refractivity contribution >= 4 is 16.0 Å². The summed E-state index contributed by atoms with van der Waals surface area (Å²) in [5.41, 5.74) is 0. The quantitative estimate of drug-likeness (QED) is 0.0459. The zero-order chi connectivity index (χ0) is 29.9. The maximum absolute atomic E-state index is 12.4. The van der Waals surface area contributed by atoms with Crippen LogP contribution in [0, 0.1) is 0 Å². The molecule has 0 aliphatic rings. The number of hydrogen-bond donors (Lipinski definition) is 4. The molecule has 0 aliphatic heterocycles. The third-order valence-electron chi connectivity index (χ3n) is 6.90. The van der Waals surface area contributed by atoms with E-state index in [1.165, 1.54) is 63.9 Å². The summed E-state index contributed by atoms with van der Waals surface area (Å²) in [5.74, 6) is -1.57. The summed E-state index contributed by atoms with van der Waals surface area (Å²) in [4.78, 5) is 12.4. The van der Waals surface area contributed by atoms with Crippen molar-refractivity contribution in [2.75, 3.05) is 5.75 Å². The van der Waals surface area contributed by atoms with Crippen LogP contribution < -0.4 is 5.32 Å². The number of nitrogens with one attached hydrogen (secondary N) is 1. The minimum Gasteiger partial charge on any atom is -0.387 e. The molecule has 4 N–H and O–H groups in total. The number of rotatable bonds is 27. The lowest BCUT2D eigenvalue weighted by Gasteiger charge is -2.22. The van der Waals surface area contributed by atoms with E-state index in [0.29, 0.717) is 12.8 Å². The molecule has 8 heteroatoms. The van der Waals surface area contributed by atoms with Crippen molar-refractivity contribution < 1.29 is 28.0 Å². The molecule has 0 fully saturated rings. The first kappa shape index (κ1) is 38.5. The van der Waals surface area contributed by atoms with E-state index in [9.17, 15) is 28.0 Å². The highest BCUT2D eigenvalue weighted by atomic mass is 32.2. The first-order valence-electron chi connectivity index (χ1n) is 15.8. The second-order valence-corrected chi connectivity index (χ2v) is 12.4. The molecule has 0 saturated carbocycles. The lowest BCUT2D eigenvalue weighted by molar-refractivity contribution is -0.130. The van der Waals surface area contributed by atoms with E-state index in [4.69, 9.17) is 0 Å². The van der Waals surface area contributed by atoms with Crippen molar-refractivity contribution in [2.24, 2.45) is 0 Å². The third kappa shape index (κ3) is 25.5. The highest BCUT2D eigenvalue weighted by Gasteiger charge is 2.27. The van der Waals surface area contributed by atoms with Gasteiger partial charge in [0.15, 0.2) is 0 Å². The molecule has 0 heterocycles. The predicted molar refractivity (Wildman–Crippen MR) is 167 cm³/mol. The molecule has 0 aliphatic carbocycles. The van der Waals surface area contributed by atoms with Crippen LogP contribution in [0.2, 0.25) is 0 Å². The molecule has 40 heavy (non-hydrogen) atoms. The van der Waals surface area contributed by atoms with Gasteiger partial charge < -0.3 is 15.5 Å². The van der Waals surface area contributed by atoms with Crippen LogP contribution in [0.4, 0.5) is 0 Å². The number of unbranched alkanes of at least 4 members (excludes halogenated alkanes) is 14. The topological polar surface area (TPSA) is 124 Å². The summed E-state index contributed by atoms with van der Waals surface area (Å²) in [6.07, 6.45) is 29.2. The first-order chi connectivity index (χ1) is 19.2. The standard InChI is InChI=1S/C32H59NO6S/c1-3-5-7-9-11-13-15-16-17-19-20-22-24-26-30(34)29(28-40(37,38)39)33-32(36)31(35)27-25-23-21-18-14-12-10-8-6-4-2/h10,12,17,19,24,26,29-31,34-35H,3-9,11,13-16,18,20-23,25,27-28H2,1-2H3,(H,33,36)(H,37,38,39)/b12-10-,19-17+,26-24+. The minimum absolute atomic E-state index is 0.258. The maximum Gasteiger partial charge on any atom is 0.267 e. The molecular formula is C32H59NO6S. The van der Waals surface area contributed by atoms with Crippen LogP contribution in [0.15, 0.2) is 36.5 Å². The van der Waals surface area contributed by atoms with E-state index in [-0.39, 0.29) is 6.42 Å². The summed E-state index contributed by atoms with van der Waals surface area (Å²) in [6.45, 7) is 4.40. The molecule has 0 aromatic carbocycles. The van der Waals surface area contributed by atoms with Crippen LogP contribution in [0.25, 0.3) is 0 Å². The van der Waals surface area contributed by atoms with Gasteiger partial charge >= 0.3 is 0 Å². The van der Waals surface area contributed by atoms with Gasteiger partial charge in [0, 0.05) is 0 Å². The Balaban J connectivity index is 4.33. The fraction of sp³-hybridized carbons (Fsp3) is 0.781. The largest absolute Gasteiger partial charge is 0.387 e. The minimum atomic E-state index is -4.44. The highest BCUT2D eigenvalue weighted by molar-refractivity contribution is 7.85. The summed E-state index contributed by atoms with van der Waals surface area (Å²) in [6, 6.07) is -1.25.